The zero-order valence-corrected chi connectivity index (χ0v) is 19.4. The summed E-state index contributed by atoms with van der Waals surface area (Å²) in [5, 5.41) is 1.40. The van der Waals surface area contributed by atoms with Gasteiger partial charge in [-0.1, -0.05) is 86.5 Å². The summed E-state index contributed by atoms with van der Waals surface area (Å²) in [5.74, 6) is -0.263. The van der Waals surface area contributed by atoms with Crippen LogP contribution in [0.2, 0.25) is 0 Å². The van der Waals surface area contributed by atoms with Crippen LogP contribution in [0.15, 0.2) is 78.9 Å². The highest BCUT2D eigenvalue weighted by atomic mass is 19.3. The molecule has 0 fully saturated rings. The highest BCUT2D eigenvalue weighted by molar-refractivity contribution is 5.88. The number of hydrogen-bond donors (Lipinski definition) is 0. The van der Waals surface area contributed by atoms with Crippen LogP contribution in [0.1, 0.15) is 42.9 Å². The molecule has 0 saturated heterocycles. The monoisotopic (exact) mass is 462 g/mol. The molecule has 4 heteroatoms. The van der Waals surface area contributed by atoms with Gasteiger partial charge in [0.05, 0.1) is 0 Å². The van der Waals surface area contributed by atoms with Gasteiger partial charge in [-0.25, -0.2) is 4.39 Å². The van der Waals surface area contributed by atoms with Crippen LogP contribution in [0.4, 0.5) is 13.2 Å². The predicted octanol–water partition coefficient (Wildman–Crippen LogP) is 8.77. The molecule has 0 aliphatic rings. The van der Waals surface area contributed by atoms with Crippen molar-refractivity contribution in [3.8, 4) is 16.9 Å². The van der Waals surface area contributed by atoms with E-state index in [0.29, 0.717) is 16.5 Å². The average Bonchev–Trinajstić information content (AvgIpc) is 2.84. The normalized spacial score (nSPS) is 11.3. The third-order valence-electron chi connectivity index (χ3n) is 6.20. The fourth-order valence-corrected chi connectivity index (χ4v) is 4.28. The van der Waals surface area contributed by atoms with Crippen LogP contribution in [0.25, 0.3) is 21.9 Å². The van der Waals surface area contributed by atoms with Crippen LogP contribution in [-0.2, 0) is 19.3 Å². The molecule has 176 valence electrons. The molecule has 0 aliphatic heterocycles. The fourth-order valence-electron chi connectivity index (χ4n) is 4.28. The second-order valence-corrected chi connectivity index (χ2v) is 8.66. The smallest absolute Gasteiger partial charge is 0.387 e. The van der Waals surface area contributed by atoms with Gasteiger partial charge in [-0.05, 0) is 65.5 Å². The average molecular weight is 463 g/mol. The van der Waals surface area contributed by atoms with Crippen molar-refractivity contribution in [2.45, 2.75) is 52.1 Å². The zero-order valence-electron chi connectivity index (χ0n) is 19.4. The maximum Gasteiger partial charge on any atom is 0.387 e. The van der Waals surface area contributed by atoms with Crippen LogP contribution in [-0.4, -0.2) is 6.61 Å². The molecule has 0 amide bonds. The molecule has 4 aromatic carbocycles. The number of aryl methyl sites for hydroxylation is 3. The van der Waals surface area contributed by atoms with Gasteiger partial charge in [-0.3, -0.25) is 0 Å². The van der Waals surface area contributed by atoms with Gasteiger partial charge in [0.1, 0.15) is 11.6 Å². The van der Waals surface area contributed by atoms with Crippen LogP contribution in [0, 0.1) is 5.82 Å². The van der Waals surface area contributed by atoms with Gasteiger partial charge in [0.25, 0.3) is 0 Å². The van der Waals surface area contributed by atoms with Gasteiger partial charge in [-0.15, -0.1) is 0 Å². The third-order valence-corrected chi connectivity index (χ3v) is 6.20. The molecule has 0 aromatic heterocycles. The Morgan fingerprint density at radius 2 is 1.35 bits per heavy atom. The van der Waals surface area contributed by atoms with Crippen molar-refractivity contribution in [2.75, 3.05) is 0 Å². The molecule has 4 aromatic rings. The number of rotatable bonds is 10. The molecule has 0 unspecified atom stereocenters. The van der Waals surface area contributed by atoms with Crippen LogP contribution < -0.4 is 4.74 Å². The Kier molecular flexibility index (Phi) is 7.89. The standard InChI is InChI=1S/C30H29F3O/c1-2-3-4-5-21-6-8-22(9-7-21)10-11-23-12-18-28-25(20-23)15-19-27(29(28)31)24-13-16-26(17-14-24)34-30(32)33/h6-9,12-20,30H,2-5,10-11H2,1H3. The molecule has 0 aliphatic carbocycles. The van der Waals surface area contributed by atoms with Crippen molar-refractivity contribution in [1.82, 2.24) is 0 Å². The molecule has 34 heavy (non-hydrogen) atoms. The van der Waals surface area contributed by atoms with E-state index in [2.05, 4.69) is 35.9 Å². The van der Waals surface area contributed by atoms with Crippen LogP contribution in [0.5, 0.6) is 5.75 Å². The Bertz CT molecular complexity index is 1210. The second kappa shape index (κ2) is 11.2. The SMILES string of the molecule is CCCCCc1ccc(CCc2ccc3c(F)c(-c4ccc(OC(F)F)cc4)ccc3c2)cc1. The molecular weight excluding hydrogens is 433 g/mol. The number of unbranched alkanes of at least 4 members (excludes halogenated alkanes) is 2. The second-order valence-electron chi connectivity index (χ2n) is 8.66. The van der Waals surface area contributed by atoms with E-state index in [9.17, 15) is 8.78 Å². The highest BCUT2D eigenvalue weighted by Crippen LogP contribution is 2.31. The van der Waals surface area contributed by atoms with Crippen molar-refractivity contribution >= 4 is 10.8 Å². The summed E-state index contributed by atoms with van der Waals surface area (Å²) in [6.07, 6.45) is 6.72. The number of ether oxygens (including phenoxy) is 1. The Hall–Kier alpha value is -3.27. The van der Waals surface area contributed by atoms with E-state index in [1.165, 1.54) is 48.1 Å². The first kappa shape index (κ1) is 23.9. The van der Waals surface area contributed by atoms with Gasteiger partial charge in [0.15, 0.2) is 0 Å². The molecule has 0 spiro atoms. The van der Waals surface area contributed by atoms with Crippen LogP contribution in [0.3, 0.4) is 0 Å². The Labute approximate surface area is 199 Å². The first-order chi connectivity index (χ1) is 16.5. The summed E-state index contributed by atoms with van der Waals surface area (Å²) in [5.41, 5.74) is 4.91. The summed E-state index contributed by atoms with van der Waals surface area (Å²) in [7, 11) is 0. The van der Waals surface area contributed by atoms with E-state index in [0.717, 1.165) is 24.6 Å². The molecule has 0 N–H and O–H groups in total. The third kappa shape index (κ3) is 5.99. The van der Waals surface area contributed by atoms with Gasteiger partial charge in [0.2, 0.25) is 0 Å². The Morgan fingerprint density at radius 1 is 0.706 bits per heavy atom. The van der Waals surface area contributed by atoms with Gasteiger partial charge >= 0.3 is 6.61 Å². The van der Waals surface area contributed by atoms with Crippen molar-refractivity contribution < 1.29 is 17.9 Å². The molecule has 0 atom stereocenters. The highest BCUT2D eigenvalue weighted by Gasteiger charge is 2.11. The summed E-state index contributed by atoms with van der Waals surface area (Å²) in [6.45, 7) is -0.661. The van der Waals surface area contributed by atoms with E-state index in [1.54, 1.807) is 18.2 Å². The molecule has 0 saturated carbocycles. The molecule has 4 rings (SSSR count). The minimum atomic E-state index is -2.88. The summed E-state index contributed by atoms with van der Waals surface area (Å²) in [6, 6.07) is 24.4. The number of benzene rings is 4. The lowest BCUT2D eigenvalue weighted by Crippen LogP contribution is -2.01. The van der Waals surface area contributed by atoms with Gasteiger partial charge < -0.3 is 4.74 Å². The zero-order chi connectivity index (χ0) is 23.9. The first-order valence-corrected chi connectivity index (χ1v) is 11.9. The Morgan fingerprint density at radius 3 is 2.03 bits per heavy atom. The van der Waals surface area contributed by atoms with E-state index in [4.69, 9.17) is 0 Å². The lowest BCUT2D eigenvalue weighted by molar-refractivity contribution is -0.0498. The molecule has 0 bridgehead atoms. The number of alkyl halides is 2. The molecular formula is C30H29F3O. The maximum absolute atomic E-state index is 15.2. The van der Waals surface area contributed by atoms with E-state index in [1.807, 2.05) is 24.3 Å². The molecule has 1 nitrogen and oxygen atoms in total. The number of fused-ring (bicyclic) bond motifs is 1. The Balaban J connectivity index is 1.44. The summed E-state index contributed by atoms with van der Waals surface area (Å²) >= 11 is 0. The lowest BCUT2D eigenvalue weighted by atomic mass is 9.97. The minimum absolute atomic E-state index is 0.0516. The minimum Gasteiger partial charge on any atom is -0.435 e. The fraction of sp³-hybridized carbons (Fsp3) is 0.267. The van der Waals surface area contributed by atoms with E-state index in [-0.39, 0.29) is 11.6 Å². The van der Waals surface area contributed by atoms with Crippen molar-refractivity contribution in [1.29, 1.82) is 0 Å². The first-order valence-electron chi connectivity index (χ1n) is 11.9. The van der Waals surface area contributed by atoms with Crippen LogP contribution >= 0.6 is 0 Å². The maximum atomic E-state index is 15.2. The molecule has 0 radical (unpaired) electrons. The topological polar surface area (TPSA) is 9.23 Å². The van der Waals surface area contributed by atoms with E-state index < -0.39 is 6.61 Å². The van der Waals surface area contributed by atoms with E-state index >= 15 is 4.39 Å². The van der Waals surface area contributed by atoms with Gasteiger partial charge in [0, 0.05) is 10.9 Å². The largest absolute Gasteiger partial charge is 0.435 e. The molecule has 0 heterocycles. The van der Waals surface area contributed by atoms with Gasteiger partial charge in [-0.2, -0.15) is 8.78 Å². The summed E-state index contributed by atoms with van der Waals surface area (Å²) < 4.78 is 44.3. The van der Waals surface area contributed by atoms with Crippen molar-refractivity contribution in [3.05, 3.63) is 101 Å². The summed E-state index contributed by atoms with van der Waals surface area (Å²) in [4.78, 5) is 0. The van der Waals surface area contributed by atoms with Crippen molar-refractivity contribution in [2.24, 2.45) is 0 Å². The predicted molar refractivity (Wildman–Crippen MR) is 133 cm³/mol. The van der Waals surface area contributed by atoms with Crippen molar-refractivity contribution in [3.63, 3.8) is 0 Å². The number of hydrogen-bond acceptors (Lipinski definition) is 1. The lowest BCUT2D eigenvalue weighted by Gasteiger charge is -2.10. The number of halogens is 3. The quantitative estimate of drug-likeness (QED) is 0.214.